The van der Waals surface area contributed by atoms with Crippen LogP contribution in [0.5, 0.6) is 11.6 Å². The first kappa shape index (κ1) is 22.6. The van der Waals surface area contributed by atoms with Crippen molar-refractivity contribution in [2.45, 2.75) is 31.9 Å². The summed E-state index contributed by atoms with van der Waals surface area (Å²) in [7, 11) is 0. The van der Waals surface area contributed by atoms with Gasteiger partial charge in [-0.15, -0.1) is 0 Å². The highest BCUT2D eigenvalue weighted by atomic mass is 18.2. The van der Waals surface area contributed by atoms with Crippen LogP contribution in [0, 0.1) is 0 Å². The number of alkyl halides is 1. The number of para-hydroxylation sites is 2. The van der Waals surface area contributed by atoms with Crippen molar-refractivity contribution in [3.05, 3.63) is 78.0 Å². The molecule has 1 fully saturated rings. The van der Waals surface area contributed by atoms with E-state index in [1.54, 1.807) is 41.6 Å². The molecule has 8 nitrogen and oxygen atoms in total. The summed E-state index contributed by atoms with van der Waals surface area (Å²) in [6.07, 6.45) is 2.97. The van der Waals surface area contributed by atoms with Crippen LogP contribution in [-0.4, -0.2) is 55.8 Å². The number of aromatic amines is 1. The molecule has 1 amide bonds. The number of halogens is 1. The summed E-state index contributed by atoms with van der Waals surface area (Å²) < 4.78 is 19.4. The molecular weight excluding hydrogens is 448 g/mol. The van der Waals surface area contributed by atoms with Gasteiger partial charge in [0.2, 0.25) is 11.7 Å². The fourth-order valence-corrected chi connectivity index (χ4v) is 4.30. The second kappa shape index (κ2) is 9.61. The molecular formula is C26H24FN5O3. The molecule has 1 atom stereocenters. The highest BCUT2D eigenvalue weighted by Gasteiger charge is 2.29. The van der Waals surface area contributed by atoms with Crippen molar-refractivity contribution in [2.24, 2.45) is 0 Å². The van der Waals surface area contributed by atoms with Crippen LogP contribution >= 0.6 is 0 Å². The third kappa shape index (κ3) is 4.75. The number of hydrogen-bond acceptors (Lipinski definition) is 6. The normalized spacial score (nSPS) is 15.2. The lowest BCUT2D eigenvalue weighted by Gasteiger charge is -2.32. The Hall–Kier alpha value is -4.14. The third-order valence-electron chi connectivity index (χ3n) is 6.16. The van der Waals surface area contributed by atoms with E-state index in [0.717, 1.165) is 11.0 Å². The quantitative estimate of drug-likeness (QED) is 0.417. The van der Waals surface area contributed by atoms with E-state index in [4.69, 9.17) is 4.74 Å². The lowest BCUT2D eigenvalue weighted by Crippen LogP contribution is -2.41. The van der Waals surface area contributed by atoms with Gasteiger partial charge in [0.15, 0.2) is 12.0 Å². The number of rotatable bonds is 6. The molecule has 2 aromatic carbocycles. The fourth-order valence-electron chi connectivity index (χ4n) is 4.30. The van der Waals surface area contributed by atoms with Gasteiger partial charge in [-0.1, -0.05) is 12.1 Å². The average molecular weight is 473 g/mol. The molecule has 1 aliphatic rings. The molecule has 1 aliphatic heterocycles. The molecule has 0 bridgehead atoms. The highest BCUT2D eigenvalue weighted by Crippen LogP contribution is 2.33. The van der Waals surface area contributed by atoms with Gasteiger partial charge >= 0.3 is 0 Å². The molecule has 0 aliphatic carbocycles. The number of nitrogens with zero attached hydrogens (tertiary/aromatic N) is 4. The number of fused-ring (bicyclic) bond motifs is 1. The number of amides is 1. The number of likely N-dealkylation sites (tertiary alicyclic amines) is 1. The van der Waals surface area contributed by atoms with Crippen molar-refractivity contribution in [1.29, 1.82) is 0 Å². The second-order valence-corrected chi connectivity index (χ2v) is 8.52. The first-order valence-electron chi connectivity index (χ1n) is 11.5. The van der Waals surface area contributed by atoms with Gasteiger partial charge in [-0.2, -0.15) is 0 Å². The molecule has 35 heavy (non-hydrogen) atoms. The van der Waals surface area contributed by atoms with E-state index < -0.39 is 12.1 Å². The molecule has 1 unspecified atom stereocenters. The van der Waals surface area contributed by atoms with Gasteiger partial charge in [0.1, 0.15) is 11.4 Å². The zero-order valence-electron chi connectivity index (χ0n) is 19.1. The van der Waals surface area contributed by atoms with Crippen LogP contribution in [0.15, 0.2) is 60.9 Å². The van der Waals surface area contributed by atoms with Crippen LogP contribution in [0.3, 0.4) is 0 Å². The molecule has 5 rings (SSSR count). The summed E-state index contributed by atoms with van der Waals surface area (Å²) in [5, 5.41) is 0. The number of imidazole rings is 1. The Morgan fingerprint density at radius 3 is 2.49 bits per heavy atom. The lowest BCUT2D eigenvalue weighted by atomic mass is 9.93. The van der Waals surface area contributed by atoms with Crippen molar-refractivity contribution in [2.75, 3.05) is 13.1 Å². The zero-order valence-corrected chi connectivity index (χ0v) is 19.1. The number of carbonyl (C=O) groups is 2. The number of H-pyrrole nitrogens is 1. The minimum Gasteiger partial charge on any atom is -0.437 e. The summed E-state index contributed by atoms with van der Waals surface area (Å²) in [6, 6.07) is 14.3. The second-order valence-electron chi connectivity index (χ2n) is 8.52. The molecule has 0 saturated carbocycles. The SMILES string of the molecule is CC([18F])C(=O)N1CCC(c2nccnc2Oc2ccc(C(=O)c3nc4ccccc4[nH]3)cc2)CC1. The van der Waals surface area contributed by atoms with Gasteiger partial charge in [0.05, 0.1) is 11.0 Å². The number of nitrogens with one attached hydrogen (secondary N) is 1. The van der Waals surface area contributed by atoms with Crippen molar-refractivity contribution in [3.63, 3.8) is 0 Å². The predicted molar refractivity (Wildman–Crippen MR) is 127 cm³/mol. The minimum absolute atomic E-state index is 0.0478. The van der Waals surface area contributed by atoms with Crippen molar-refractivity contribution in [1.82, 2.24) is 24.8 Å². The Morgan fingerprint density at radius 2 is 1.77 bits per heavy atom. The number of piperidine rings is 1. The van der Waals surface area contributed by atoms with E-state index in [-0.39, 0.29) is 17.5 Å². The molecule has 2 aromatic heterocycles. The van der Waals surface area contributed by atoms with Gasteiger partial charge in [0.25, 0.3) is 5.91 Å². The van der Waals surface area contributed by atoms with Crippen LogP contribution in [0.25, 0.3) is 11.0 Å². The number of carbonyl (C=O) groups excluding carboxylic acids is 2. The molecule has 1 saturated heterocycles. The number of benzene rings is 2. The topological polar surface area (TPSA) is 101 Å². The van der Waals surface area contributed by atoms with Gasteiger partial charge in [-0.05, 0) is 56.2 Å². The number of hydrogen-bond donors (Lipinski definition) is 1. The molecule has 1 N–H and O–H groups in total. The maximum atomic E-state index is 13.4. The first-order chi connectivity index (χ1) is 17.0. The fraction of sp³-hybridized carbons (Fsp3) is 0.269. The minimum atomic E-state index is -1.50. The summed E-state index contributed by atoms with van der Waals surface area (Å²) in [5.41, 5.74) is 2.73. The smallest absolute Gasteiger partial charge is 0.256 e. The highest BCUT2D eigenvalue weighted by molar-refractivity contribution is 6.08. The molecule has 3 heterocycles. The Labute approximate surface area is 201 Å². The third-order valence-corrected chi connectivity index (χ3v) is 6.16. The summed E-state index contributed by atoms with van der Waals surface area (Å²) in [4.78, 5) is 42.6. The van der Waals surface area contributed by atoms with Crippen molar-refractivity contribution >= 4 is 22.7 Å². The van der Waals surface area contributed by atoms with E-state index in [1.807, 2.05) is 24.3 Å². The Morgan fingerprint density at radius 1 is 1.06 bits per heavy atom. The summed E-state index contributed by atoms with van der Waals surface area (Å²) in [5.74, 6) is 0.544. The molecule has 0 spiro atoms. The molecule has 4 aromatic rings. The van der Waals surface area contributed by atoms with E-state index in [1.165, 1.54) is 6.92 Å². The predicted octanol–water partition coefficient (Wildman–Crippen LogP) is 4.44. The van der Waals surface area contributed by atoms with E-state index in [2.05, 4.69) is 19.9 Å². The average Bonchev–Trinajstić information content (AvgIpc) is 3.33. The largest absolute Gasteiger partial charge is 0.437 e. The van der Waals surface area contributed by atoms with Crippen LogP contribution in [0.4, 0.5) is 4.39 Å². The maximum absolute atomic E-state index is 13.4. The first-order valence-corrected chi connectivity index (χ1v) is 11.5. The van der Waals surface area contributed by atoms with Crippen molar-refractivity contribution < 1.29 is 18.7 Å². The Bertz CT molecular complexity index is 1330. The maximum Gasteiger partial charge on any atom is 0.256 e. The Balaban J connectivity index is 1.28. The Kier molecular flexibility index (Phi) is 6.22. The van der Waals surface area contributed by atoms with Crippen LogP contribution in [-0.2, 0) is 4.79 Å². The lowest BCUT2D eigenvalue weighted by molar-refractivity contribution is -0.137. The number of ketones is 1. The number of aromatic nitrogens is 4. The monoisotopic (exact) mass is 472 g/mol. The zero-order chi connectivity index (χ0) is 24.4. The van der Waals surface area contributed by atoms with Gasteiger partial charge in [-0.3, -0.25) is 14.6 Å². The van der Waals surface area contributed by atoms with Gasteiger partial charge in [-0.25, -0.2) is 14.4 Å². The summed E-state index contributed by atoms with van der Waals surface area (Å²) >= 11 is 0. The van der Waals surface area contributed by atoms with Crippen molar-refractivity contribution in [3.8, 4) is 11.6 Å². The standard InChI is InChI=1S/C26H24FN5O3/c1-16(27)26(34)32-14-10-17(11-15-32)22-25(29-13-12-28-22)35-19-8-6-18(7-9-19)23(33)24-30-20-4-2-3-5-21(20)31-24/h2-9,12-13,16-17H,10-11,14-15H2,1H3,(H,30,31)/i27-1. The molecule has 9 heteroatoms. The molecule has 0 radical (unpaired) electrons. The summed E-state index contributed by atoms with van der Waals surface area (Å²) in [6.45, 7) is 2.19. The number of ether oxygens (including phenoxy) is 1. The van der Waals surface area contributed by atoms with Crippen LogP contribution in [0.1, 0.15) is 47.6 Å². The van der Waals surface area contributed by atoms with E-state index in [9.17, 15) is 14.0 Å². The molecule has 178 valence electrons. The van der Waals surface area contributed by atoms with Crippen LogP contribution in [0.2, 0.25) is 0 Å². The van der Waals surface area contributed by atoms with Crippen LogP contribution < -0.4 is 4.74 Å². The van der Waals surface area contributed by atoms with E-state index >= 15 is 0 Å². The van der Waals surface area contributed by atoms with Gasteiger partial charge < -0.3 is 14.6 Å². The van der Waals surface area contributed by atoms with Gasteiger partial charge in [0, 0.05) is 37.0 Å². The van der Waals surface area contributed by atoms with E-state index in [0.29, 0.717) is 48.8 Å².